The van der Waals surface area contributed by atoms with Crippen LogP contribution in [0.2, 0.25) is 0 Å². The molecule has 0 bridgehead atoms. The maximum absolute atomic E-state index is 3.58. The number of thioether (sulfide) groups is 1. The van der Waals surface area contributed by atoms with Crippen molar-refractivity contribution < 1.29 is 0 Å². The largest absolute Gasteiger partial charge is 0.368 e. The Bertz CT molecular complexity index is 766. The van der Waals surface area contributed by atoms with Gasteiger partial charge in [-0.25, -0.2) is 0 Å². The number of nitrogens with one attached hydrogen (secondary N) is 1. The summed E-state index contributed by atoms with van der Waals surface area (Å²) in [6.07, 6.45) is 0. The topological polar surface area (TPSA) is 12.0 Å². The molecule has 22 heavy (non-hydrogen) atoms. The molecule has 1 aliphatic rings. The normalized spacial score (nSPS) is 16.1. The highest BCUT2D eigenvalue weighted by Gasteiger charge is 2.21. The molecule has 1 unspecified atom stereocenters. The van der Waals surface area contributed by atoms with Gasteiger partial charge < -0.3 is 5.32 Å². The van der Waals surface area contributed by atoms with Gasteiger partial charge in [0.25, 0.3) is 0 Å². The summed E-state index contributed by atoms with van der Waals surface area (Å²) < 4.78 is 0. The van der Waals surface area contributed by atoms with E-state index in [1.165, 1.54) is 32.8 Å². The monoisotopic (exact) mass is 303 g/mol. The van der Waals surface area contributed by atoms with Crippen molar-refractivity contribution in [3.63, 3.8) is 0 Å². The Balaban J connectivity index is 1.57. The Morgan fingerprint density at radius 3 is 2.09 bits per heavy atom. The first-order valence-corrected chi connectivity index (χ1v) is 8.37. The molecule has 4 rings (SSSR count). The quantitative estimate of drug-likeness (QED) is 0.634. The van der Waals surface area contributed by atoms with Crippen molar-refractivity contribution in [2.24, 2.45) is 0 Å². The lowest BCUT2D eigenvalue weighted by Gasteiger charge is -2.12. The van der Waals surface area contributed by atoms with Crippen LogP contribution in [-0.4, -0.2) is 0 Å². The Labute approximate surface area is 135 Å². The summed E-state index contributed by atoms with van der Waals surface area (Å²) in [4.78, 5) is 1.33. The van der Waals surface area contributed by atoms with E-state index in [9.17, 15) is 0 Å². The van der Waals surface area contributed by atoms with Crippen LogP contribution < -0.4 is 5.32 Å². The van der Waals surface area contributed by atoms with Crippen LogP contribution in [-0.2, 0) is 0 Å². The van der Waals surface area contributed by atoms with Gasteiger partial charge in [0.15, 0.2) is 0 Å². The van der Waals surface area contributed by atoms with Crippen LogP contribution in [0.3, 0.4) is 0 Å². The van der Waals surface area contributed by atoms with Gasteiger partial charge in [-0.2, -0.15) is 0 Å². The number of para-hydroxylation sites is 1. The van der Waals surface area contributed by atoms with Crippen molar-refractivity contribution in [1.29, 1.82) is 0 Å². The number of benzene rings is 3. The summed E-state index contributed by atoms with van der Waals surface area (Å²) in [7, 11) is 0. The molecule has 108 valence electrons. The van der Waals surface area contributed by atoms with E-state index in [-0.39, 0.29) is 0 Å². The molecule has 1 atom stereocenters. The van der Waals surface area contributed by atoms with Gasteiger partial charge in [0.2, 0.25) is 0 Å². The second-order valence-corrected chi connectivity index (χ2v) is 6.77. The number of aryl methyl sites for hydroxylation is 1. The molecule has 3 aromatic carbocycles. The maximum atomic E-state index is 3.58. The van der Waals surface area contributed by atoms with Crippen molar-refractivity contribution in [1.82, 2.24) is 0 Å². The van der Waals surface area contributed by atoms with Gasteiger partial charge in [0.1, 0.15) is 5.37 Å². The lowest BCUT2D eigenvalue weighted by molar-refractivity contribution is 1.13. The van der Waals surface area contributed by atoms with E-state index in [1.54, 1.807) is 0 Å². The van der Waals surface area contributed by atoms with Gasteiger partial charge in [-0.1, -0.05) is 78.0 Å². The number of rotatable bonds is 2. The summed E-state index contributed by atoms with van der Waals surface area (Å²) >= 11 is 1.88. The highest BCUT2D eigenvalue weighted by Crippen LogP contribution is 2.46. The zero-order chi connectivity index (χ0) is 14.9. The standard InChI is InChI=1S/C20H17NS/c1-14-6-8-15(9-7-14)16-10-12-17(13-11-16)20-21-18-4-2-3-5-19(18)22-20/h2-13,20-21H,1H3. The fourth-order valence-corrected chi connectivity index (χ4v) is 3.88. The zero-order valence-electron chi connectivity index (χ0n) is 12.4. The van der Waals surface area contributed by atoms with Crippen molar-refractivity contribution in [2.45, 2.75) is 17.2 Å². The number of anilines is 1. The highest BCUT2D eigenvalue weighted by atomic mass is 32.2. The van der Waals surface area contributed by atoms with Crippen LogP contribution in [0.1, 0.15) is 16.5 Å². The molecule has 0 aliphatic carbocycles. The fourth-order valence-electron chi connectivity index (χ4n) is 2.73. The first-order valence-electron chi connectivity index (χ1n) is 7.49. The fraction of sp³-hybridized carbons (Fsp3) is 0.100. The minimum absolute atomic E-state index is 0.310. The molecule has 2 heteroatoms. The SMILES string of the molecule is Cc1ccc(-c2ccc(C3Nc4ccccc4S3)cc2)cc1. The summed E-state index contributed by atoms with van der Waals surface area (Å²) in [6.45, 7) is 2.12. The van der Waals surface area contributed by atoms with Gasteiger partial charge in [0.05, 0.1) is 0 Å². The lowest BCUT2D eigenvalue weighted by Crippen LogP contribution is -2.00. The Morgan fingerprint density at radius 1 is 0.773 bits per heavy atom. The van der Waals surface area contributed by atoms with Crippen LogP contribution in [0.25, 0.3) is 11.1 Å². The molecule has 1 aliphatic heterocycles. The minimum atomic E-state index is 0.310. The molecule has 0 spiro atoms. The molecular weight excluding hydrogens is 286 g/mol. The molecule has 0 aromatic heterocycles. The van der Waals surface area contributed by atoms with Crippen LogP contribution in [0.5, 0.6) is 0 Å². The van der Waals surface area contributed by atoms with Crippen molar-refractivity contribution in [2.75, 3.05) is 5.32 Å². The summed E-state index contributed by atoms with van der Waals surface area (Å²) in [5.74, 6) is 0. The Kier molecular flexibility index (Phi) is 3.39. The first-order chi connectivity index (χ1) is 10.8. The first kappa shape index (κ1) is 13.5. The van der Waals surface area contributed by atoms with E-state index in [1.807, 2.05) is 11.8 Å². The average Bonchev–Trinajstić information content (AvgIpc) is 3.00. The van der Waals surface area contributed by atoms with Crippen LogP contribution >= 0.6 is 11.8 Å². The molecule has 0 amide bonds. The summed E-state index contributed by atoms with van der Waals surface area (Å²) in [5, 5.41) is 3.89. The molecule has 0 fully saturated rings. The number of hydrogen-bond donors (Lipinski definition) is 1. The summed E-state index contributed by atoms with van der Waals surface area (Å²) in [6, 6.07) is 26.1. The van der Waals surface area contributed by atoms with Crippen LogP contribution in [0.4, 0.5) is 5.69 Å². The van der Waals surface area contributed by atoms with E-state index in [2.05, 4.69) is 85.0 Å². The molecule has 0 radical (unpaired) electrons. The van der Waals surface area contributed by atoms with Gasteiger partial charge >= 0.3 is 0 Å². The molecule has 3 aromatic rings. The van der Waals surface area contributed by atoms with Crippen molar-refractivity contribution in [3.05, 3.63) is 83.9 Å². The molecule has 0 saturated heterocycles. The summed E-state index contributed by atoms with van der Waals surface area (Å²) in [5.41, 5.74) is 6.39. The van der Waals surface area contributed by atoms with Crippen molar-refractivity contribution >= 4 is 17.4 Å². The smallest absolute Gasteiger partial charge is 0.103 e. The van der Waals surface area contributed by atoms with Gasteiger partial charge in [0, 0.05) is 10.6 Å². The lowest BCUT2D eigenvalue weighted by atomic mass is 10.0. The predicted octanol–water partition coefficient (Wildman–Crippen LogP) is 5.88. The molecule has 0 saturated carbocycles. The van der Waals surface area contributed by atoms with E-state index in [4.69, 9.17) is 0 Å². The van der Waals surface area contributed by atoms with Gasteiger partial charge in [-0.05, 0) is 35.7 Å². The molecule has 1 N–H and O–H groups in total. The Morgan fingerprint density at radius 2 is 1.41 bits per heavy atom. The van der Waals surface area contributed by atoms with Gasteiger partial charge in [-0.3, -0.25) is 0 Å². The molecule has 1 nitrogen and oxygen atoms in total. The predicted molar refractivity (Wildman–Crippen MR) is 95.3 cm³/mol. The third-order valence-corrected chi connectivity index (χ3v) is 5.25. The van der Waals surface area contributed by atoms with E-state index in [0.29, 0.717) is 5.37 Å². The highest BCUT2D eigenvalue weighted by molar-refractivity contribution is 8.00. The maximum Gasteiger partial charge on any atom is 0.103 e. The zero-order valence-corrected chi connectivity index (χ0v) is 13.2. The van der Waals surface area contributed by atoms with Gasteiger partial charge in [-0.15, -0.1) is 0 Å². The third-order valence-electron chi connectivity index (χ3n) is 4.02. The van der Waals surface area contributed by atoms with Crippen molar-refractivity contribution in [3.8, 4) is 11.1 Å². The molecular formula is C20H17NS. The second-order valence-electron chi connectivity index (χ2n) is 5.63. The van der Waals surface area contributed by atoms with E-state index >= 15 is 0 Å². The Hall–Kier alpha value is -2.19. The van der Waals surface area contributed by atoms with E-state index in [0.717, 1.165) is 0 Å². The van der Waals surface area contributed by atoms with Crippen LogP contribution in [0, 0.1) is 6.92 Å². The minimum Gasteiger partial charge on any atom is -0.368 e. The molecule has 1 heterocycles. The number of hydrogen-bond acceptors (Lipinski definition) is 2. The average molecular weight is 303 g/mol. The third kappa shape index (κ3) is 2.51. The number of fused-ring (bicyclic) bond motifs is 1. The van der Waals surface area contributed by atoms with Crippen LogP contribution in [0.15, 0.2) is 77.7 Å². The van der Waals surface area contributed by atoms with E-state index < -0.39 is 0 Å². The second kappa shape index (κ2) is 5.54.